The first-order valence-corrected chi connectivity index (χ1v) is 12.7. The number of hydrogen-bond donors (Lipinski definition) is 2. The lowest BCUT2D eigenvalue weighted by Crippen LogP contribution is -2.46. The minimum atomic E-state index is -3.99. The van der Waals surface area contributed by atoms with Gasteiger partial charge in [-0.15, -0.1) is 0 Å². The van der Waals surface area contributed by atoms with Crippen LogP contribution in [0.5, 0.6) is 0 Å². The van der Waals surface area contributed by atoms with E-state index >= 15 is 0 Å². The first-order chi connectivity index (χ1) is 17.2. The molecule has 10 nitrogen and oxygen atoms in total. The minimum absolute atomic E-state index is 0.0512. The lowest BCUT2D eigenvalue weighted by Gasteiger charge is -2.36. The lowest BCUT2D eigenvalue weighted by atomic mass is 9.92. The SMILES string of the molecule is Cc1ccc(S(=O)(=O)n2cc(-c3ncc(F)c(NN(CC(=O)O)C4CCC4)n3)c3cccnc32)cc1. The van der Waals surface area contributed by atoms with Gasteiger partial charge in [0.1, 0.15) is 6.54 Å². The van der Waals surface area contributed by atoms with Gasteiger partial charge in [0.15, 0.2) is 23.1 Å². The average molecular weight is 511 g/mol. The van der Waals surface area contributed by atoms with Gasteiger partial charge >= 0.3 is 5.97 Å². The van der Waals surface area contributed by atoms with Crippen LogP contribution in [0.3, 0.4) is 0 Å². The Morgan fingerprint density at radius 2 is 1.97 bits per heavy atom. The number of fused-ring (bicyclic) bond motifs is 1. The van der Waals surface area contributed by atoms with Gasteiger partial charge in [0.25, 0.3) is 10.0 Å². The molecule has 1 fully saturated rings. The van der Waals surface area contributed by atoms with Crippen LogP contribution in [-0.2, 0) is 14.8 Å². The number of carboxylic acid groups (broad SMARTS) is 1. The molecule has 5 rings (SSSR count). The second-order valence-corrected chi connectivity index (χ2v) is 10.5. The molecule has 186 valence electrons. The highest BCUT2D eigenvalue weighted by Gasteiger charge is 2.28. The summed E-state index contributed by atoms with van der Waals surface area (Å²) in [5.74, 6) is -1.94. The van der Waals surface area contributed by atoms with Crippen molar-refractivity contribution in [2.24, 2.45) is 0 Å². The maximum absolute atomic E-state index is 14.7. The van der Waals surface area contributed by atoms with Crippen LogP contribution >= 0.6 is 0 Å². The number of nitrogens with zero attached hydrogens (tertiary/aromatic N) is 5. The Morgan fingerprint density at radius 1 is 1.22 bits per heavy atom. The van der Waals surface area contributed by atoms with Crippen molar-refractivity contribution >= 4 is 32.8 Å². The third kappa shape index (κ3) is 4.40. The van der Waals surface area contributed by atoms with Crippen LogP contribution in [0.1, 0.15) is 24.8 Å². The van der Waals surface area contributed by atoms with E-state index in [1.54, 1.807) is 24.3 Å². The quantitative estimate of drug-likeness (QED) is 0.342. The van der Waals surface area contributed by atoms with Gasteiger partial charge in [0.05, 0.1) is 11.1 Å². The van der Waals surface area contributed by atoms with Gasteiger partial charge in [-0.1, -0.05) is 24.1 Å². The van der Waals surface area contributed by atoms with Crippen molar-refractivity contribution in [2.75, 3.05) is 12.0 Å². The van der Waals surface area contributed by atoms with E-state index in [4.69, 9.17) is 0 Å². The maximum Gasteiger partial charge on any atom is 0.319 e. The number of halogens is 1. The largest absolute Gasteiger partial charge is 0.480 e. The van der Waals surface area contributed by atoms with Crippen LogP contribution in [0.4, 0.5) is 10.2 Å². The molecule has 0 saturated heterocycles. The molecule has 1 aliphatic carbocycles. The van der Waals surface area contributed by atoms with Gasteiger partial charge in [-0.25, -0.2) is 36.7 Å². The Labute approximate surface area is 206 Å². The second-order valence-electron chi connectivity index (χ2n) is 8.64. The zero-order valence-electron chi connectivity index (χ0n) is 19.3. The van der Waals surface area contributed by atoms with Crippen LogP contribution < -0.4 is 5.43 Å². The van der Waals surface area contributed by atoms with Crippen LogP contribution in [-0.4, -0.2) is 56.0 Å². The molecule has 0 spiro atoms. The van der Waals surface area contributed by atoms with E-state index in [0.717, 1.165) is 35.0 Å². The molecule has 3 aromatic heterocycles. The summed E-state index contributed by atoms with van der Waals surface area (Å²) in [6.45, 7) is 1.53. The van der Waals surface area contributed by atoms with Crippen LogP contribution in [0, 0.1) is 12.7 Å². The van der Waals surface area contributed by atoms with E-state index in [0.29, 0.717) is 10.9 Å². The summed E-state index contributed by atoms with van der Waals surface area (Å²) in [6.07, 6.45) is 6.35. The molecule has 36 heavy (non-hydrogen) atoms. The Morgan fingerprint density at radius 3 is 2.64 bits per heavy atom. The third-order valence-electron chi connectivity index (χ3n) is 6.17. The van der Waals surface area contributed by atoms with Crippen molar-refractivity contribution in [3.63, 3.8) is 0 Å². The van der Waals surface area contributed by atoms with Gasteiger partial charge in [-0.3, -0.25) is 10.2 Å². The Kier molecular flexibility index (Phi) is 6.14. The third-order valence-corrected chi connectivity index (χ3v) is 7.83. The minimum Gasteiger partial charge on any atom is -0.480 e. The average Bonchev–Trinajstić information content (AvgIpc) is 3.20. The molecular formula is C24H23FN6O4S. The maximum atomic E-state index is 14.7. The van der Waals surface area contributed by atoms with Gasteiger partial charge < -0.3 is 5.11 Å². The zero-order chi connectivity index (χ0) is 25.4. The van der Waals surface area contributed by atoms with E-state index < -0.39 is 21.8 Å². The summed E-state index contributed by atoms with van der Waals surface area (Å²) in [5, 5.41) is 11.2. The van der Waals surface area contributed by atoms with Crippen molar-refractivity contribution in [1.82, 2.24) is 23.9 Å². The van der Waals surface area contributed by atoms with Crippen molar-refractivity contribution < 1.29 is 22.7 Å². The molecule has 0 aliphatic heterocycles. The molecule has 3 heterocycles. The summed E-state index contributed by atoms with van der Waals surface area (Å²) in [6, 6.07) is 9.74. The molecule has 1 aromatic carbocycles. The highest BCUT2D eigenvalue weighted by molar-refractivity contribution is 7.90. The standard InChI is InChI=1S/C24H23FN6O4S/c1-15-7-9-17(10-8-15)36(34,35)31-13-19(18-6-3-11-26-24(18)31)22-27-12-20(25)23(28-22)29-30(14-21(32)33)16-4-2-5-16/h3,6-13,16H,2,4-5,14H2,1H3,(H,32,33)(H,27,28,29). The van der Waals surface area contributed by atoms with E-state index in [-0.39, 0.29) is 34.8 Å². The van der Waals surface area contributed by atoms with Gasteiger partial charge in [0, 0.05) is 29.4 Å². The normalized spacial score (nSPS) is 14.2. The number of carbonyl (C=O) groups is 1. The first kappa shape index (κ1) is 23.8. The lowest BCUT2D eigenvalue weighted by molar-refractivity contribution is -0.138. The van der Waals surface area contributed by atoms with Crippen LogP contribution in [0.15, 0.2) is 59.9 Å². The summed E-state index contributed by atoms with van der Waals surface area (Å²) in [4.78, 5) is 24.1. The fourth-order valence-corrected chi connectivity index (χ4v) is 5.36. The van der Waals surface area contributed by atoms with Crippen molar-refractivity contribution in [1.29, 1.82) is 0 Å². The van der Waals surface area contributed by atoms with Crippen LogP contribution in [0.2, 0.25) is 0 Å². The summed E-state index contributed by atoms with van der Waals surface area (Å²) < 4.78 is 42.6. The molecule has 4 aromatic rings. The molecule has 1 aliphatic rings. The number of pyridine rings is 1. The van der Waals surface area contributed by atoms with E-state index in [2.05, 4.69) is 20.4 Å². The smallest absolute Gasteiger partial charge is 0.319 e. The number of aryl methyl sites for hydroxylation is 1. The molecule has 0 atom stereocenters. The molecule has 0 bridgehead atoms. The Bertz CT molecular complexity index is 1550. The second kappa shape index (κ2) is 9.28. The number of benzene rings is 1. The van der Waals surface area contributed by atoms with Crippen molar-refractivity contribution in [2.45, 2.75) is 37.1 Å². The Hall–Kier alpha value is -3.90. The van der Waals surface area contributed by atoms with Gasteiger partial charge in [0.2, 0.25) is 0 Å². The fourth-order valence-electron chi connectivity index (χ4n) is 4.03. The van der Waals surface area contributed by atoms with Gasteiger partial charge in [-0.05, 0) is 44.0 Å². The van der Waals surface area contributed by atoms with E-state index in [1.165, 1.54) is 29.5 Å². The number of nitrogens with one attached hydrogen (secondary N) is 1. The number of rotatable bonds is 8. The zero-order valence-corrected chi connectivity index (χ0v) is 20.1. The number of carboxylic acids is 1. The fraction of sp³-hybridized carbons (Fsp3) is 0.250. The molecular weight excluding hydrogens is 487 g/mol. The van der Waals surface area contributed by atoms with Crippen molar-refractivity contribution in [3.05, 3.63) is 66.4 Å². The number of hydrazine groups is 1. The predicted octanol–water partition coefficient (Wildman–Crippen LogP) is 3.44. The number of hydrogen-bond acceptors (Lipinski definition) is 8. The molecule has 0 amide bonds. The summed E-state index contributed by atoms with van der Waals surface area (Å²) in [5.41, 5.74) is 4.23. The highest BCUT2D eigenvalue weighted by Crippen LogP contribution is 2.32. The summed E-state index contributed by atoms with van der Waals surface area (Å²) >= 11 is 0. The number of aromatic nitrogens is 4. The topological polar surface area (TPSA) is 130 Å². The molecule has 1 saturated carbocycles. The molecule has 0 radical (unpaired) electrons. The van der Waals surface area contributed by atoms with Crippen molar-refractivity contribution in [3.8, 4) is 11.4 Å². The van der Waals surface area contributed by atoms with Crippen LogP contribution in [0.25, 0.3) is 22.4 Å². The Balaban J connectivity index is 1.58. The first-order valence-electron chi connectivity index (χ1n) is 11.3. The van der Waals surface area contributed by atoms with E-state index in [9.17, 15) is 22.7 Å². The highest BCUT2D eigenvalue weighted by atomic mass is 32.2. The molecule has 0 unspecified atom stereocenters. The van der Waals surface area contributed by atoms with E-state index in [1.807, 2.05) is 6.92 Å². The monoisotopic (exact) mass is 510 g/mol. The number of aliphatic carboxylic acids is 1. The molecule has 2 N–H and O–H groups in total. The summed E-state index contributed by atoms with van der Waals surface area (Å²) in [7, 11) is -3.99. The number of anilines is 1. The predicted molar refractivity (Wildman–Crippen MR) is 130 cm³/mol. The van der Waals surface area contributed by atoms with Gasteiger partial charge in [-0.2, -0.15) is 0 Å². The molecule has 12 heteroatoms.